The van der Waals surface area contributed by atoms with Gasteiger partial charge in [-0.3, -0.25) is 15.3 Å². The minimum Gasteiger partial charge on any atom is -0.451 e. The number of aromatic nitrogens is 2. The van der Waals surface area contributed by atoms with Gasteiger partial charge in [0, 0.05) is 43.5 Å². The van der Waals surface area contributed by atoms with Gasteiger partial charge in [-0.2, -0.15) is 0 Å². The van der Waals surface area contributed by atoms with Crippen LogP contribution in [-0.2, 0) is 5.72 Å². The van der Waals surface area contributed by atoms with Crippen LogP contribution in [-0.4, -0.2) is 53.1 Å². The Bertz CT molecular complexity index is 1270. The number of ether oxygens (including phenoxy) is 1. The topological polar surface area (TPSA) is 122 Å². The van der Waals surface area contributed by atoms with Crippen molar-refractivity contribution in [3.63, 3.8) is 0 Å². The lowest BCUT2D eigenvalue weighted by molar-refractivity contribution is 0.0735. The predicted octanol–water partition coefficient (Wildman–Crippen LogP) is 3.43. The van der Waals surface area contributed by atoms with Crippen molar-refractivity contribution in [2.75, 3.05) is 31.5 Å². The number of hydrogen-bond acceptors (Lipinski definition) is 7. The maximum Gasteiger partial charge on any atom is 0.276 e. The van der Waals surface area contributed by atoms with Crippen LogP contribution in [0.4, 0.5) is 10.1 Å². The average molecular weight is 533 g/mol. The van der Waals surface area contributed by atoms with E-state index >= 15 is 0 Å². The van der Waals surface area contributed by atoms with Gasteiger partial charge in [0.25, 0.3) is 11.8 Å². The molecule has 0 aliphatic carbocycles. The number of nitrogens with one attached hydrogen (secondary N) is 2. The van der Waals surface area contributed by atoms with E-state index in [-0.39, 0.29) is 33.1 Å². The highest BCUT2D eigenvalue weighted by atomic mass is 35.5. The quantitative estimate of drug-likeness (QED) is 0.328. The molecule has 3 aromatic rings. The molecule has 12 heteroatoms. The fraction of sp³-hybridized carbons (Fsp3) is 0.250. The minimum absolute atomic E-state index is 0.0175. The second kappa shape index (κ2) is 10.8. The van der Waals surface area contributed by atoms with Crippen LogP contribution in [0.15, 0.2) is 48.5 Å². The number of nitrogens with two attached hydrogens (primary N) is 1. The summed E-state index contributed by atoms with van der Waals surface area (Å²) in [7, 11) is 0. The number of amides is 2. The second-order valence-corrected chi connectivity index (χ2v) is 9.04. The van der Waals surface area contributed by atoms with Crippen molar-refractivity contribution in [1.82, 2.24) is 20.4 Å². The van der Waals surface area contributed by atoms with Crippen LogP contribution in [0.5, 0.6) is 5.88 Å². The van der Waals surface area contributed by atoms with Crippen LogP contribution in [0.2, 0.25) is 10.0 Å². The van der Waals surface area contributed by atoms with Gasteiger partial charge in [-0.05, 0) is 49.4 Å². The SMILES string of the molecule is CC(N)(Oc1ccc(C(=O)Nc2ccc(C(=O)N3CCNCC3)cc2)nn1)c1c(Cl)ccc(F)c1Cl. The number of carbonyl (C=O) groups is 2. The first-order chi connectivity index (χ1) is 17.2. The monoisotopic (exact) mass is 532 g/mol. The Morgan fingerprint density at radius 2 is 1.78 bits per heavy atom. The maximum atomic E-state index is 13.9. The molecule has 1 aliphatic rings. The van der Waals surface area contributed by atoms with Gasteiger partial charge in [0.05, 0.1) is 15.6 Å². The highest BCUT2D eigenvalue weighted by Crippen LogP contribution is 2.35. The van der Waals surface area contributed by atoms with E-state index in [1.54, 1.807) is 29.2 Å². The Morgan fingerprint density at radius 3 is 2.42 bits per heavy atom. The van der Waals surface area contributed by atoms with E-state index in [4.69, 9.17) is 33.7 Å². The van der Waals surface area contributed by atoms with Crippen molar-refractivity contribution >= 4 is 40.7 Å². The van der Waals surface area contributed by atoms with Gasteiger partial charge in [0.1, 0.15) is 5.82 Å². The minimum atomic E-state index is -1.63. The molecule has 4 N–H and O–H groups in total. The molecule has 1 fully saturated rings. The Hall–Kier alpha value is -3.31. The molecule has 0 saturated carbocycles. The summed E-state index contributed by atoms with van der Waals surface area (Å²) in [4.78, 5) is 26.9. The first-order valence-electron chi connectivity index (χ1n) is 11.0. The molecule has 2 aromatic carbocycles. The molecule has 0 bridgehead atoms. The van der Waals surface area contributed by atoms with Gasteiger partial charge < -0.3 is 20.3 Å². The van der Waals surface area contributed by atoms with E-state index < -0.39 is 17.4 Å². The van der Waals surface area contributed by atoms with Gasteiger partial charge >= 0.3 is 0 Å². The highest BCUT2D eigenvalue weighted by molar-refractivity contribution is 6.36. The van der Waals surface area contributed by atoms with Crippen LogP contribution in [0.1, 0.15) is 33.3 Å². The van der Waals surface area contributed by atoms with Gasteiger partial charge in [0.15, 0.2) is 11.4 Å². The third kappa shape index (κ3) is 5.73. The molecule has 188 valence electrons. The average Bonchev–Trinajstić information content (AvgIpc) is 2.87. The second-order valence-electron chi connectivity index (χ2n) is 8.26. The van der Waals surface area contributed by atoms with Crippen molar-refractivity contribution in [1.29, 1.82) is 0 Å². The van der Waals surface area contributed by atoms with Crippen LogP contribution in [0, 0.1) is 5.82 Å². The molecule has 2 heterocycles. The highest BCUT2D eigenvalue weighted by Gasteiger charge is 2.31. The number of rotatable bonds is 6. The molecule has 1 saturated heterocycles. The maximum absolute atomic E-state index is 13.9. The summed E-state index contributed by atoms with van der Waals surface area (Å²) in [6, 6.07) is 11.8. The van der Waals surface area contributed by atoms with E-state index in [0.717, 1.165) is 19.2 Å². The Balaban J connectivity index is 1.40. The molecule has 1 aromatic heterocycles. The lowest BCUT2D eigenvalue weighted by Gasteiger charge is -2.27. The summed E-state index contributed by atoms with van der Waals surface area (Å²) in [6.07, 6.45) is 0. The number of nitrogens with zero attached hydrogens (tertiary/aromatic N) is 3. The first kappa shape index (κ1) is 25.8. The lowest BCUT2D eigenvalue weighted by atomic mass is 10.1. The zero-order chi connectivity index (χ0) is 25.9. The van der Waals surface area contributed by atoms with E-state index in [9.17, 15) is 14.0 Å². The summed E-state index contributed by atoms with van der Waals surface area (Å²) in [5.74, 6) is -1.29. The molecular weight excluding hydrogens is 510 g/mol. The van der Waals surface area contributed by atoms with Crippen molar-refractivity contribution < 1.29 is 18.7 Å². The molecular formula is C24H23Cl2FN6O3. The molecule has 1 aliphatic heterocycles. The van der Waals surface area contributed by atoms with Gasteiger partial charge in [-0.15, -0.1) is 10.2 Å². The van der Waals surface area contributed by atoms with Gasteiger partial charge in [-0.25, -0.2) is 4.39 Å². The molecule has 0 spiro atoms. The van der Waals surface area contributed by atoms with Gasteiger partial charge in [0.2, 0.25) is 5.88 Å². The number of hydrogen-bond donors (Lipinski definition) is 3. The van der Waals surface area contributed by atoms with Crippen molar-refractivity contribution in [3.8, 4) is 5.88 Å². The molecule has 36 heavy (non-hydrogen) atoms. The Labute approximate surface area is 216 Å². The number of anilines is 1. The summed E-state index contributed by atoms with van der Waals surface area (Å²) >= 11 is 12.2. The molecule has 1 atom stereocenters. The fourth-order valence-corrected chi connectivity index (χ4v) is 4.43. The molecule has 4 rings (SSSR count). The van der Waals surface area contributed by atoms with Crippen molar-refractivity contribution in [2.45, 2.75) is 12.6 Å². The third-order valence-corrected chi connectivity index (χ3v) is 6.21. The molecule has 9 nitrogen and oxygen atoms in total. The standard InChI is InChI=1S/C24H23Cl2FN6O3/c1-24(28,20-16(25)6-7-17(27)21(20)26)36-19-9-8-18(31-32-19)22(34)30-15-4-2-14(3-5-15)23(35)33-12-10-29-11-13-33/h2-9,29H,10-13,28H2,1H3,(H,30,34). The number of carbonyl (C=O) groups excluding carboxylic acids is 2. The summed E-state index contributed by atoms with van der Waals surface area (Å²) in [6.45, 7) is 4.28. The van der Waals surface area contributed by atoms with E-state index in [1.165, 1.54) is 25.1 Å². The van der Waals surface area contributed by atoms with E-state index in [0.29, 0.717) is 24.3 Å². The van der Waals surface area contributed by atoms with Crippen LogP contribution >= 0.6 is 23.2 Å². The predicted molar refractivity (Wildman–Crippen MR) is 134 cm³/mol. The van der Waals surface area contributed by atoms with E-state index in [2.05, 4.69) is 20.8 Å². The zero-order valence-electron chi connectivity index (χ0n) is 19.2. The zero-order valence-corrected chi connectivity index (χ0v) is 20.7. The third-order valence-electron chi connectivity index (χ3n) is 5.52. The summed E-state index contributed by atoms with van der Waals surface area (Å²) < 4.78 is 19.5. The first-order valence-corrected chi connectivity index (χ1v) is 11.8. The lowest BCUT2D eigenvalue weighted by Crippen LogP contribution is -2.46. The number of halogens is 3. The van der Waals surface area contributed by atoms with Crippen LogP contribution < -0.4 is 21.1 Å². The largest absolute Gasteiger partial charge is 0.451 e. The smallest absolute Gasteiger partial charge is 0.276 e. The normalized spacial score (nSPS) is 15.2. The van der Waals surface area contributed by atoms with Crippen LogP contribution in [0.25, 0.3) is 0 Å². The Morgan fingerprint density at radius 1 is 1.08 bits per heavy atom. The fourth-order valence-electron chi connectivity index (χ4n) is 3.69. The summed E-state index contributed by atoms with van der Waals surface area (Å²) in [5, 5.41) is 13.5. The van der Waals surface area contributed by atoms with Crippen molar-refractivity contribution in [2.24, 2.45) is 5.73 Å². The van der Waals surface area contributed by atoms with E-state index in [1.807, 2.05) is 0 Å². The van der Waals surface area contributed by atoms with Gasteiger partial charge in [-0.1, -0.05) is 23.2 Å². The number of benzene rings is 2. The number of piperazine rings is 1. The summed E-state index contributed by atoms with van der Waals surface area (Å²) in [5.41, 5.74) is 5.66. The Kier molecular flexibility index (Phi) is 7.70. The molecule has 0 radical (unpaired) electrons. The molecule has 1 unspecified atom stereocenters. The molecule has 2 amide bonds. The van der Waals surface area contributed by atoms with Crippen molar-refractivity contribution in [3.05, 3.63) is 81.2 Å². The van der Waals surface area contributed by atoms with Crippen LogP contribution in [0.3, 0.4) is 0 Å².